The summed E-state index contributed by atoms with van der Waals surface area (Å²) in [5.74, 6) is 0. The zero-order chi connectivity index (χ0) is 8.43. The molecular formula is C8H19N3. The van der Waals surface area contributed by atoms with E-state index in [1.165, 1.54) is 0 Å². The molecule has 0 spiro atoms. The highest BCUT2D eigenvalue weighted by Crippen LogP contribution is 2.05. The molecule has 0 aromatic heterocycles. The van der Waals surface area contributed by atoms with Crippen LogP contribution in [-0.4, -0.2) is 30.7 Å². The van der Waals surface area contributed by atoms with Gasteiger partial charge in [0.1, 0.15) is 0 Å². The molecule has 1 saturated heterocycles. The van der Waals surface area contributed by atoms with Gasteiger partial charge >= 0.3 is 0 Å². The lowest BCUT2D eigenvalue weighted by Crippen LogP contribution is -2.65. The third-order valence-electron chi connectivity index (χ3n) is 2.61. The molecule has 3 nitrogen and oxygen atoms in total. The zero-order valence-electron chi connectivity index (χ0n) is 7.59. The number of hydrogen-bond acceptors (Lipinski definition) is 3. The highest BCUT2D eigenvalue weighted by atomic mass is 15.1. The summed E-state index contributed by atoms with van der Waals surface area (Å²) >= 11 is 0. The van der Waals surface area contributed by atoms with Gasteiger partial charge < -0.3 is 16.4 Å². The first-order valence-electron chi connectivity index (χ1n) is 4.37. The number of rotatable bonds is 1. The van der Waals surface area contributed by atoms with Gasteiger partial charge in [0.2, 0.25) is 0 Å². The van der Waals surface area contributed by atoms with Gasteiger partial charge in [0.25, 0.3) is 0 Å². The van der Waals surface area contributed by atoms with Crippen molar-refractivity contribution in [2.24, 2.45) is 5.73 Å². The summed E-state index contributed by atoms with van der Waals surface area (Å²) in [6.45, 7) is 7.27. The van der Waals surface area contributed by atoms with Crippen molar-refractivity contribution in [3.63, 3.8) is 0 Å². The standard InChI is InChI=1S/C8H19N3/c1-5-6(2)11-8(4-9)7(3)10-5/h5-8,10-11H,4,9H2,1-3H3/t5-,6-,7+,8-/m1/s1. The molecule has 11 heavy (non-hydrogen) atoms. The van der Waals surface area contributed by atoms with Gasteiger partial charge in [-0.05, 0) is 20.8 Å². The fraction of sp³-hybridized carbons (Fsp3) is 1.00. The Labute approximate surface area is 68.7 Å². The zero-order valence-corrected chi connectivity index (χ0v) is 7.59. The summed E-state index contributed by atoms with van der Waals surface area (Å²) < 4.78 is 0. The monoisotopic (exact) mass is 157 g/mol. The lowest BCUT2D eigenvalue weighted by Gasteiger charge is -2.39. The van der Waals surface area contributed by atoms with Gasteiger partial charge in [0.15, 0.2) is 0 Å². The van der Waals surface area contributed by atoms with Gasteiger partial charge in [-0.25, -0.2) is 0 Å². The molecule has 0 unspecified atom stereocenters. The highest BCUT2D eigenvalue weighted by molar-refractivity contribution is 4.92. The lowest BCUT2D eigenvalue weighted by molar-refractivity contribution is 0.242. The maximum absolute atomic E-state index is 5.60. The number of nitrogens with one attached hydrogen (secondary N) is 2. The molecule has 1 heterocycles. The van der Waals surface area contributed by atoms with E-state index in [1.807, 2.05) is 0 Å². The maximum Gasteiger partial charge on any atom is 0.0344 e. The van der Waals surface area contributed by atoms with Gasteiger partial charge in [-0.1, -0.05) is 0 Å². The van der Waals surface area contributed by atoms with Gasteiger partial charge in [0.05, 0.1) is 0 Å². The molecule has 0 radical (unpaired) electrons. The van der Waals surface area contributed by atoms with Crippen LogP contribution >= 0.6 is 0 Å². The smallest absolute Gasteiger partial charge is 0.0344 e. The number of piperazine rings is 1. The normalized spacial score (nSPS) is 45.8. The van der Waals surface area contributed by atoms with Crippen molar-refractivity contribution in [2.45, 2.75) is 44.9 Å². The van der Waals surface area contributed by atoms with Crippen molar-refractivity contribution in [3.05, 3.63) is 0 Å². The predicted molar refractivity (Wildman–Crippen MR) is 47.5 cm³/mol. The summed E-state index contributed by atoms with van der Waals surface area (Å²) in [6.07, 6.45) is 0. The average molecular weight is 157 g/mol. The molecule has 0 amide bonds. The van der Waals surface area contributed by atoms with E-state index in [1.54, 1.807) is 0 Å². The fourth-order valence-electron chi connectivity index (χ4n) is 1.57. The second-order valence-corrected chi connectivity index (χ2v) is 3.54. The molecule has 0 aromatic rings. The first-order chi connectivity index (χ1) is 5.15. The van der Waals surface area contributed by atoms with E-state index in [4.69, 9.17) is 5.73 Å². The highest BCUT2D eigenvalue weighted by Gasteiger charge is 2.27. The average Bonchev–Trinajstić information content (AvgIpc) is 1.97. The van der Waals surface area contributed by atoms with Gasteiger partial charge in [-0.3, -0.25) is 0 Å². The van der Waals surface area contributed by atoms with Crippen LogP contribution in [0.1, 0.15) is 20.8 Å². The Morgan fingerprint density at radius 3 is 2.09 bits per heavy atom. The molecule has 0 aliphatic carbocycles. The molecule has 1 aliphatic heterocycles. The van der Waals surface area contributed by atoms with Crippen molar-refractivity contribution in [1.82, 2.24) is 10.6 Å². The first-order valence-corrected chi connectivity index (χ1v) is 4.37. The van der Waals surface area contributed by atoms with E-state index in [-0.39, 0.29) is 0 Å². The van der Waals surface area contributed by atoms with E-state index < -0.39 is 0 Å². The minimum Gasteiger partial charge on any atom is -0.329 e. The molecule has 1 aliphatic rings. The Morgan fingerprint density at radius 1 is 1.00 bits per heavy atom. The Hall–Kier alpha value is -0.120. The summed E-state index contributed by atoms with van der Waals surface area (Å²) in [7, 11) is 0. The Balaban J connectivity index is 2.48. The molecular weight excluding hydrogens is 138 g/mol. The Morgan fingerprint density at radius 2 is 1.55 bits per heavy atom. The summed E-state index contributed by atoms with van der Waals surface area (Å²) in [4.78, 5) is 0. The quantitative estimate of drug-likeness (QED) is 0.488. The molecule has 66 valence electrons. The van der Waals surface area contributed by atoms with Crippen LogP contribution in [0.3, 0.4) is 0 Å². The summed E-state index contributed by atoms with van der Waals surface area (Å²) in [5, 5.41) is 6.97. The van der Waals surface area contributed by atoms with Crippen LogP contribution in [0.25, 0.3) is 0 Å². The van der Waals surface area contributed by atoms with Crippen molar-refractivity contribution >= 4 is 0 Å². The predicted octanol–water partition coefficient (Wildman–Crippen LogP) is -0.328. The van der Waals surface area contributed by atoms with Gasteiger partial charge in [-0.2, -0.15) is 0 Å². The Kier molecular flexibility index (Phi) is 2.87. The number of hydrogen-bond donors (Lipinski definition) is 3. The fourth-order valence-corrected chi connectivity index (χ4v) is 1.57. The lowest BCUT2D eigenvalue weighted by atomic mass is 10.00. The van der Waals surface area contributed by atoms with Crippen molar-refractivity contribution in [1.29, 1.82) is 0 Å². The van der Waals surface area contributed by atoms with Crippen LogP contribution in [0, 0.1) is 0 Å². The minimum absolute atomic E-state index is 0.432. The van der Waals surface area contributed by atoms with Gasteiger partial charge in [0, 0.05) is 30.7 Å². The first kappa shape index (κ1) is 8.97. The molecule has 1 rings (SSSR count). The summed E-state index contributed by atoms with van der Waals surface area (Å²) in [6, 6.07) is 2.00. The van der Waals surface area contributed by atoms with E-state index in [0.717, 1.165) is 0 Å². The van der Waals surface area contributed by atoms with E-state index >= 15 is 0 Å². The molecule has 0 saturated carbocycles. The Bertz CT molecular complexity index is 127. The second kappa shape index (κ2) is 3.52. The second-order valence-electron chi connectivity index (χ2n) is 3.54. The molecule has 4 atom stereocenters. The van der Waals surface area contributed by atoms with Gasteiger partial charge in [-0.15, -0.1) is 0 Å². The van der Waals surface area contributed by atoms with Crippen molar-refractivity contribution in [3.8, 4) is 0 Å². The third kappa shape index (κ3) is 1.92. The van der Waals surface area contributed by atoms with Crippen LogP contribution in [0.2, 0.25) is 0 Å². The van der Waals surface area contributed by atoms with E-state index in [2.05, 4.69) is 31.4 Å². The van der Waals surface area contributed by atoms with Crippen LogP contribution in [-0.2, 0) is 0 Å². The van der Waals surface area contributed by atoms with Crippen LogP contribution in [0.5, 0.6) is 0 Å². The molecule has 3 heteroatoms. The van der Waals surface area contributed by atoms with Crippen molar-refractivity contribution < 1.29 is 0 Å². The SMILES string of the molecule is C[C@@H]1N[C@H](C)[C@@H](C)N[C@@H]1CN. The maximum atomic E-state index is 5.60. The van der Waals surface area contributed by atoms with Crippen LogP contribution in [0.15, 0.2) is 0 Å². The van der Waals surface area contributed by atoms with E-state index in [0.29, 0.717) is 30.7 Å². The van der Waals surface area contributed by atoms with E-state index in [9.17, 15) is 0 Å². The molecule has 1 fully saturated rings. The van der Waals surface area contributed by atoms with Crippen LogP contribution < -0.4 is 16.4 Å². The molecule has 0 bridgehead atoms. The largest absolute Gasteiger partial charge is 0.329 e. The van der Waals surface area contributed by atoms with Crippen LogP contribution in [0.4, 0.5) is 0 Å². The molecule has 0 aromatic carbocycles. The van der Waals surface area contributed by atoms with Crippen molar-refractivity contribution in [2.75, 3.05) is 6.54 Å². The minimum atomic E-state index is 0.432. The summed E-state index contributed by atoms with van der Waals surface area (Å²) in [5.41, 5.74) is 5.60. The number of nitrogens with two attached hydrogens (primary N) is 1. The third-order valence-corrected chi connectivity index (χ3v) is 2.61. The topological polar surface area (TPSA) is 50.1 Å². The molecule has 4 N–H and O–H groups in total.